The monoisotopic (exact) mass is 428 g/mol. The van der Waals surface area contributed by atoms with E-state index in [1.54, 1.807) is 19.1 Å². The van der Waals surface area contributed by atoms with Gasteiger partial charge in [-0.05, 0) is 62.5 Å². The zero-order valence-corrected chi connectivity index (χ0v) is 17.5. The molecule has 2 aromatic heterocycles. The van der Waals surface area contributed by atoms with E-state index in [4.69, 9.17) is 21.4 Å². The van der Waals surface area contributed by atoms with Gasteiger partial charge in [0.15, 0.2) is 10.9 Å². The maximum absolute atomic E-state index is 12.5. The molecule has 0 bridgehead atoms. The van der Waals surface area contributed by atoms with E-state index in [0.717, 1.165) is 36.6 Å². The fourth-order valence-corrected chi connectivity index (χ4v) is 5.01. The van der Waals surface area contributed by atoms with Crippen molar-refractivity contribution < 1.29 is 18.7 Å². The molecule has 0 spiro atoms. The summed E-state index contributed by atoms with van der Waals surface area (Å²) in [6.07, 6.45) is 3.93. The van der Waals surface area contributed by atoms with Crippen LogP contribution in [0, 0.1) is 0 Å². The molecular weight excluding hydrogens is 408 g/mol. The highest BCUT2D eigenvalue weighted by molar-refractivity contribution is 7.80. The van der Waals surface area contributed by atoms with E-state index in [1.807, 2.05) is 18.2 Å². The molecule has 1 aliphatic rings. The first-order chi connectivity index (χ1) is 14.1. The quantitative estimate of drug-likeness (QED) is 0.464. The van der Waals surface area contributed by atoms with Crippen molar-refractivity contribution in [2.24, 2.45) is 0 Å². The molecule has 1 aliphatic carbocycles. The van der Waals surface area contributed by atoms with E-state index in [0.29, 0.717) is 22.8 Å². The standard InChI is InChI=1S/C21H20N2O4S2/c1-2-26-20(25)17-13-8-4-6-10-16(13)29-19(17)23-21(28)22-18(24)15-11-12-7-3-5-9-14(12)27-15/h3,5,7,9,11H,2,4,6,8,10H2,1H3,(H2,22,23,24,28). The number of furan rings is 1. The van der Waals surface area contributed by atoms with Gasteiger partial charge in [-0.15, -0.1) is 11.3 Å². The number of thiophene rings is 1. The molecule has 0 unspecified atom stereocenters. The molecule has 0 saturated heterocycles. The Labute approximate surface area is 177 Å². The Morgan fingerprint density at radius 3 is 2.83 bits per heavy atom. The third-order valence-electron chi connectivity index (χ3n) is 4.75. The van der Waals surface area contributed by atoms with E-state index in [-0.39, 0.29) is 16.8 Å². The topological polar surface area (TPSA) is 80.6 Å². The largest absolute Gasteiger partial charge is 0.462 e. The highest BCUT2D eigenvalue weighted by atomic mass is 32.1. The first-order valence-electron chi connectivity index (χ1n) is 9.49. The van der Waals surface area contributed by atoms with Crippen LogP contribution in [-0.4, -0.2) is 23.6 Å². The number of amides is 1. The number of nitrogens with one attached hydrogen (secondary N) is 2. The number of thiocarbonyl (C=S) groups is 1. The SMILES string of the molecule is CCOC(=O)c1c(NC(=S)NC(=O)c2cc3ccccc3o2)sc2c1CCCC2. The maximum Gasteiger partial charge on any atom is 0.341 e. The molecule has 29 heavy (non-hydrogen) atoms. The van der Waals surface area contributed by atoms with Crippen LogP contribution in [0.3, 0.4) is 0 Å². The van der Waals surface area contributed by atoms with Crippen LogP contribution in [0.2, 0.25) is 0 Å². The van der Waals surface area contributed by atoms with Crippen LogP contribution in [0.5, 0.6) is 0 Å². The molecule has 1 amide bonds. The third kappa shape index (κ3) is 4.04. The minimum absolute atomic E-state index is 0.111. The van der Waals surface area contributed by atoms with E-state index in [9.17, 15) is 9.59 Å². The molecule has 0 radical (unpaired) electrons. The summed E-state index contributed by atoms with van der Waals surface area (Å²) < 4.78 is 10.8. The van der Waals surface area contributed by atoms with E-state index < -0.39 is 5.91 Å². The van der Waals surface area contributed by atoms with Crippen LogP contribution in [0.4, 0.5) is 5.00 Å². The summed E-state index contributed by atoms with van der Waals surface area (Å²) in [5.41, 5.74) is 2.20. The average Bonchev–Trinajstić information content (AvgIpc) is 3.29. The number of para-hydroxylation sites is 1. The van der Waals surface area contributed by atoms with Crippen molar-refractivity contribution in [1.29, 1.82) is 0 Å². The van der Waals surface area contributed by atoms with Gasteiger partial charge in [0.25, 0.3) is 5.91 Å². The number of esters is 1. The fourth-order valence-electron chi connectivity index (χ4n) is 3.47. The Kier molecular flexibility index (Phi) is 5.64. The number of benzene rings is 1. The lowest BCUT2D eigenvalue weighted by atomic mass is 9.95. The Balaban J connectivity index is 1.52. The molecule has 4 rings (SSSR count). The lowest BCUT2D eigenvalue weighted by Crippen LogP contribution is -2.34. The number of carbonyl (C=O) groups is 2. The number of hydrogen-bond acceptors (Lipinski definition) is 6. The lowest BCUT2D eigenvalue weighted by molar-refractivity contribution is 0.0526. The molecular formula is C21H20N2O4S2. The van der Waals surface area contributed by atoms with E-state index in [2.05, 4.69) is 10.6 Å². The molecule has 1 aromatic carbocycles. The first kappa shape index (κ1) is 19.6. The number of fused-ring (bicyclic) bond motifs is 2. The van der Waals surface area contributed by atoms with Crippen LogP contribution in [0.1, 0.15) is 51.1 Å². The van der Waals surface area contributed by atoms with Gasteiger partial charge in [-0.1, -0.05) is 18.2 Å². The highest BCUT2D eigenvalue weighted by Crippen LogP contribution is 2.38. The lowest BCUT2D eigenvalue weighted by Gasteiger charge is -2.12. The van der Waals surface area contributed by atoms with Crippen LogP contribution >= 0.6 is 23.6 Å². The van der Waals surface area contributed by atoms with Gasteiger partial charge in [-0.2, -0.15) is 0 Å². The second kappa shape index (κ2) is 8.34. The Morgan fingerprint density at radius 2 is 2.03 bits per heavy atom. The minimum atomic E-state index is -0.447. The number of rotatable bonds is 4. The van der Waals surface area contributed by atoms with Gasteiger partial charge in [-0.3, -0.25) is 10.1 Å². The van der Waals surface area contributed by atoms with Gasteiger partial charge in [0, 0.05) is 10.3 Å². The number of carbonyl (C=O) groups excluding carboxylic acids is 2. The molecule has 6 nitrogen and oxygen atoms in total. The smallest absolute Gasteiger partial charge is 0.341 e. The fraction of sp³-hybridized carbons (Fsp3) is 0.286. The molecule has 8 heteroatoms. The zero-order valence-electron chi connectivity index (χ0n) is 15.9. The predicted octanol–water partition coefficient (Wildman–Crippen LogP) is 4.68. The van der Waals surface area contributed by atoms with Crippen molar-refractivity contribution >= 4 is 56.5 Å². The second-order valence-corrected chi connectivity index (χ2v) is 8.21. The second-order valence-electron chi connectivity index (χ2n) is 6.69. The molecule has 0 atom stereocenters. The maximum atomic E-state index is 12.5. The van der Waals surface area contributed by atoms with Gasteiger partial charge in [-0.25, -0.2) is 4.79 Å². The number of ether oxygens (including phenoxy) is 1. The van der Waals surface area contributed by atoms with Gasteiger partial charge in [0.1, 0.15) is 10.6 Å². The van der Waals surface area contributed by atoms with Gasteiger partial charge >= 0.3 is 5.97 Å². The van der Waals surface area contributed by atoms with E-state index in [1.165, 1.54) is 16.2 Å². The Hall–Kier alpha value is -2.71. The number of aryl methyl sites for hydroxylation is 1. The summed E-state index contributed by atoms with van der Waals surface area (Å²) in [6, 6.07) is 9.05. The van der Waals surface area contributed by atoms with Crippen LogP contribution in [0.25, 0.3) is 11.0 Å². The molecule has 150 valence electrons. The predicted molar refractivity (Wildman–Crippen MR) is 117 cm³/mol. The van der Waals surface area contributed by atoms with Crippen molar-refractivity contribution in [3.8, 4) is 0 Å². The molecule has 0 aliphatic heterocycles. The molecule has 2 heterocycles. The highest BCUT2D eigenvalue weighted by Gasteiger charge is 2.27. The summed E-state index contributed by atoms with van der Waals surface area (Å²) in [6.45, 7) is 2.08. The number of anilines is 1. The molecule has 2 N–H and O–H groups in total. The summed E-state index contributed by atoms with van der Waals surface area (Å²) in [4.78, 5) is 26.2. The molecule has 3 aromatic rings. The van der Waals surface area contributed by atoms with Crippen LogP contribution in [0.15, 0.2) is 34.7 Å². The van der Waals surface area contributed by atoms with Crippen molar-refractivity contribution in [3.63, 3.8) is 0 Å². The van der Waals surface area contributed by atoms with Gasteiger partial charge in [0.05, 0.1) is 12.2 Å². The summed E-state index contributed by atoms with van der Waals surface area (Å²) in [5.74, 6) is -0.634. The van der Waals surface area contributed by atoms with Gasteiger partial charge in [0.2, 0.25) is 0 Å². The Morgan fingerprint density at radius 1 is 1.24 bits per heavy atom. The first-order valence-corrected chi connectivity index (χ1v) is 10.7. The Bertz CT molecular complexity index is 1070. The van der Waals surface area contributed by atoms with Crippen LogP contribution < -0.4 is 10.6 Å². The molecule has 0 saturated carbocycles. The van der Waals surface area contributed by atoms with Crippen LogP contribution in [-0.2, 0) is 17.6 Å². The normalized spacial score (nSPS) is 13.0. The summed E-state index contributed by atoms with van der Waals surface area (Å²) in [7, 11) is 0. The van der Waals surface area contributed by atoms with E-state index >= 15 is 0 Å². The zero-order chi connectivity index (χ0) is 20.4. The van der Waals surface area contributed by atoms with Gasteiger partial charge < -0.3 is 14.5 Å². The van der Waals surface area contributed by atoms with Crippen molar-refractivity contribution in [2.45, 2.75) is 32.6 Å². The average molecular weight is 429 g/mol. The summed E-state index contributed by atoms with van der Waals surface area (Å²) in [5, 5.41) is 7.21. The third-order valence-corrected chi connectivity index (χ3v) is 6.17. The summed E-state index contributed by atoms with van der Waals surface area (Å²) >= 11 is 6.81. The van der Waals surface area contributed by atoms with Crippen molar-refractivity contribution in [3.05, 3.63) is 52.1 Å². The van der Waals surface area contributed by atoms with Crippen molar-refractivity contribution in [2.75, 3.05) is 11.9 Å². The minimum Gasteiger partial charge on any atom is -0.462 e. The van der Waals surface area contributed by atoms with Crippen molar-refractivity contribution in [1.82, 2.24) is 5.32 Å². The number of hydrogen-bond donors (Lipinski definition) is 2. The molecule has 0 fully saturated rings.